The third kappa shape index (κ3) is 5.46. The molecule has 0 aromatic heterocycles. The molecule has 0 radical (unpaired) electrons. The summed E-state index contributed by atoms with van der Waals surface area (Å²) < 4.78 is 0. The number of aliphatic carboxylic acids is 2. The van der Waals surface area contributed by atoms with Crippen LogP contribution in [0.25, 0.3) is 12.2 Å². The van der Waals surface area contributed by atoms with E-state index in [1.54, 1.807) is 26.0 Å². The Morgan fingerprint density at radius 1 is 0.800 bits per heavy atom. The quantitative estimate of drug-likeness (QED) is 0.773. The van der Waals surface area contributed by atoms with Gasteiger partial charge < -0.3 is 10.2 Å². The highest BCUT2D eigenvalue weighted by molar-refractivity contribution is 5.91. The predicted octanol–water partition coefficient (Wildman–Crippen LogP) is 4.25. The first kappa shape index (κ1) is 18.2. The second-order valence-electron chi connectivity index (χ2n) is 5.93. The van der Waals surface area contributed by atoms with Crippen LogP contribution in [0.2, 0.25) is 0 Å². The topological polar surface area (TPSA) is 74.6 Å². The van der Waals surface area contributed by atoms with E-state index in [1.165, 1.54) is 0 Å². The molecule has 2 aromatic rings. The fourth-order valence-electron chi connectivity index (χ4n) is 2.38. The molecule has 0 saturated carbocycles. The largest absolute Gasteiger partial charge is 0.478 e. The first-order valence-corrected chi connectivity index (χ1v) is 7.86. The average Bonchev–Trinajstić information content (AvgIpc) is 2.56. The molecule has 2 rings (SSSR count). The first-order valence-electron chi connectivity index (χ1n) is 7.86. The van der Waals surface area contributed by atoms with Crippen LogP contribution < -0.4 is 0 Å². The van der Waals surface area contributed by atoms with Crippen molar-refractivity contribution in [3.05, 3.63) is 81.9 Å². The predicted molar refractivity (Wildman–Crippen MR) is 98.3 cm³/mol. The highest BCUT2D eigenvalue weighted by Crippen LogP contribution is 2.16. The molecule has 2 N–H and O–H groups in total. The maximum absolute atomic E-state index is 10.9. The van der Waals surface area contributed by atoms with Gasteiger partial charge in [0.2, 0.25) is 0 Å². The fraction of sp³-hybridized carbons (Fsp3) is 0.143. The standard InChI is InChI=1S/C21H20O4/c1-14(20(22)23)10-16-6-8-17(9-7-16)12-19-5-3-4-18(13-19)11-15(2)21(24)25/h3-11,13H,12H2,1-2H3,(H,22,23)(H,24,25). The van der Waals surface area contributed by atoms with Gasteiger partial charge in [-0.05, 0) is 54.7 Å². The SMILES string of the molecule is CC(=Cc1ccc(Cc2cccc(C=C(C)C(=O)O)c2)cc1)C(=O)O. The zero-order chi connectivity index (χ0) is 18.4. The maximum Gasteiger partial charge on any atom is 0.331 e. The lowest BCUT2D eigenvalue weighted by atomic mass is 10.0. The van der Waals surface area contributed by atoms with Crippen molar-refractivity contribution < 1.29 is 19.8 Å². The van der Waals surface area contributed by atoms with E-state index in [4.69, 9.17) is 10.2 Å². The van der Waals surface area contributed by atoms with Gasteiger partial charge in [-0.25, -0.2) is 9.59 Å². The Kier molecular flexibility index (Phi) is 5.90. The number of hydrogen-bond donors (Lipinski definition) is 2. The molecule has 4 heteroatoms. The molecule has 0 unspecified atom stereocenters. The van der Waals surface area contributed by atoms with Crippen molar-refractivity contribution in [3.63, 3.8) is 0 Å². The molecule has 0 atom stereocenters. The summed E-state index contributed by atoms with van der Waals surface area (Å²) in [4.78, 5) is 21.8. The fourth-order valence-corrected chi connectivity index (χ4v) is 2.38. The summed E-state index contributed by atoms with van der Waals surface area (Å²) in [6.45, 7) is 3.13. The molecule has 0 aliphatic rings. The van der Waals surface area contributed by atoms with Crippen molar-refractivity contribution in [1.82, 2.24) is 0 Å². The molecule has 2 aromatic carbocycles. The molecule has 0 aliphatic heterocycles. The molecule has 0 amide bonds. The molecule has 0 fully saturated rings. The number of carbonyl (C=O) groups is 2. The molecular formula is C21H20O4. The summed E-state index contributed by atoms with van der Waals surface area (Å²) in [7, 11) is 0. The van der Waals surface area contributed by atoms with Crippen molar-refractivity contribution in [2.45, 2.75) is 20.3 Å². The Labute approximate surface area is 146 Å². The smallest absolute Gasteiger partial charge is 0.331 e. The van der Waals surface area contributed by atoms with E-state index in [9.17, 15) is 9.59 Å². The second-order valence-corrected chi connectivity index (χ2v) is 5.93. The van der Waals surface area contributed by atoms with E-state index in [2.05, 4.69) is 0 Å². The Morgan fingerprint density at radius 3 is 1.92 bits per heavy atom. The van der Waals surface area contributed by atoms with E-state index in [0.717, 1.165) is 28.7 Å². The molecule has 25 heavy (non-hydrogen) atoms. The van der Waals surface area contributed by atoms with Gasteiger partial charge in [-0.3, -0.25) is 0 Å². The number of rotatable bonds is 6. The number of hydrogen-bond acceptors (Lipinski definition) is 2. The maximum atomic E-state index is 10.9. The Balaban J connectivity index is 2.15. The number of carboxylic acids is 2. The Morgan fingerprint density at radius 2 is 1.36 bits per heavy atom. The molecule has 0 heterocycles. The van der Waals surface area contributed by atoms with Gasteiger partial charge in [0.25, 0.3) is 0 Å². The lowest BCUT2D eigenvalue weighted by Crippen LogP contribution is -1.96. The van der Waals surface area contributed by atoms with Crippen molar-refractivity contribution in [2.75, 3.05) is 0 Å². The molecule has 0 spiro atoms. The van der Waals surface area contributed by atoms with Gasteiger partial charge in [-0.15, -0.1) is 0 Å². The Hall–Kier alpha value is -3.14. The first-order chi connectivity index (χ1) is 11.8. The summed E-state index contributed by atoms with van der Waals surface area (Å²) in [5.41, 5.74) is 4.47. The minimum atomic E-state index is -0.925. The van der Waals surface area contributed by atoms with Crippen LogP contribution in [-0.2, 0) is 16.0 Å². The summed E-state index contributed by atoms with van der Waals surface area (Å²) in [6.07, 6.45) is 4.00. The van der Waals surface area contributed by atoms with Crippen LogP contribution in [0.3, 0.4) is 0 Å². The summed E-state index contributed by atoms with van der Waals surface area (Å²) in [6, 6.07) is 15.4. The number of carboxylic acid groups (broad SMARTS) is 2. The molecule has 128 valence electrons. The second kappa shape index (κ2) is 8.11. The summed E-state index contributed by atoms with van der Waals surface area (Å²) in [5.74, 6) is -1.85. The van der Waals surface area contributed by atoms with Gasteiger partial charge in [0, 0.05) is 11.1 Å². The van der Waals surface area contributed by atoms with Gasteiger partial charge in [0.15, 0.2) is 0 Å². The van der Waals surface area contributed by atoms with Gasteiger partial charge in [0.1, 0.15) is 0 Å². The van der Waals surface area contributed by atoms with Crippen LogP contribution in [0, 0.1) is 0 Å². The monoisotopic (exact) mass is 336 g/mol. The highest BCUT2D eigenvalue weighted by Gasteiger charge is 2.03. The molecule has 0 aliphatic carbocycles. The van der Waals surface area contributed by atoms with Crippen molar-refractivity contribution >= 4 is 24.1 Å². The number of benzene rings is 2. The lowest BCUT2D eigenvalue weighted by molar-refractivity contribution is -0.133. The summed E-state index contributed by atoms with van der Waals surface area (Å²) >= 11 is 0. The lowest BCUT2D eigenvalue weighted by Gasteiger charge is -2.05. The summed E-state index contributed by atoms with van der Waals surface area (Å²) in [5, 5.41) is 17.9. The average molecular weight is 336 g/mol. The van der Waals surface area contributed by atoms with Gasteiger partial charge in [0.05, 0.1) is 0 Å². The van der Waals surface area contributed by atoms with Gasteiger partial charge in [-0.1, -0.05) is 48.5 Å². The van der Waals surface area contributed by atoms with E-state index < -0.39 is 11.9 Å². The van der Waals surface area contributed by atoms with E-state index in [1.807, 2.05) is 48.5 Å². The van der Waals surface area contributed by atoms with Crippen LogP contribution in [0.5, 0.6) is 0 Å². The zero-order valence-electron chi connectivity index (χ0n) is 14.2. The van der Waals surface area contributed by atoms with Crippen LogP contribution in [0.15, 0.2) is 59.7 Å². The molecule has 4 nitrogen and oxygen atoms in total. The van der Waals surface area contributed by atoms with E-state index in [-0.39, 0.29) is 0 Å². The third-order valence-corrected chi connectivity index (χ3v) is 3.78. The Bertz CT molecular complexity index is 842. The third-order valence-electron chi connectivity index (χ3n) is 3.78. The van der Waals surface area contributed by atoms with Gasteiger partial charge >= 0.3 is 11.9 Å². The minimum absolute atomic E-state index is 0.293. The van der Waals surface area contributed by atoms with Gasteiger partial charge in [-0.2, -0.15) is 0 Å². The zero-order valence-corrected chi connectivity index (χ0v) is 14.2. The van der Waals surface area contributed by atoms with E-state index in [0.29, 0.717) is 11.1 Å². The van der Waals surface area contributed by atoms with Crippen molar-refractivity contribution in [3.8, 4) is 0 Å². The molecular weight excluding hydrogens is 316 g/mol. The van der Waals surface area contributed by atoms with Crippen LogP contribution in [-0.4, -0.2) is 22.2 Å². The van der Waals surface area contributed by atoms with Crippen molar-refractivity contribution in [2.24, 2.45) is 0 Å². The molecule has 0 saturated heterocycles. The minimum Gasteiger partial charge on any atom is -0.478 e. The van der Waals surface area contributed by atoms with Crippen LogP contribution >= 0.6 is 0 Å². The van der Waals surface area contributed by atoms with Crippen molar-refractivity contribution in [1.29, 1.82) is 0 Å². The van der Waals surface area contributed by atoms with Crippen LogP contribution in [0.1, 0.15) is 36.1 Å². The van der Waals surface area contributed by atoms with Crippen LogP contribution in [0.4, 0.5) is 0 Å². The van der Waals surface area contributed by atoms with E-state index >= 15 is 0 Å². The highest BCUT2D eigenvalue weighted by atomic mass is 16.4. The normalized spacial score (nSPS) is 12.1. The molecule has 0 bridgehead atoms.